The van der Waals surface area contributed by atoms with Crippen LogP contribution in [0, 0.1) is 0 Å². The van der Waals surface area contributed by atoms with E-state index in [1.165, 1.54) is 4.90 Å². The molecule has 3 aromatic rings. The summed E-state index contributed by atoms with van der Waals surface area (Å²) < 4.78 is 53.1. The number of aromatic amines is 1. The average molecular weight is 504 g/mol. The molecule has 2 aliphatic rings. The van der Waals surface area contributed by atoms with E-state index in [1.54, 1.807) is 12.4 Å². The van der Waals surface area contributed by atoms with Crippen LogP contribution in [0.3, 0.4) is 0 Å². The van der Waals surface area contributed by atoms with Crippen LogP contribution in [0.2, 0.25) is 0 Å². The highest BCUT2D eigenvalue weighted by Gasteiger charge is 2.41. The van der Waals surface area contributed by atoms with Crippen molar-refractivity contribution < 1.29 is 17.6 Å². The minimum absolute atomic E-state index is 0.254. The van der Waals surface area contributed by atoms with E-state index in [2.05, 4.69) is 30.6 Å². The zero-order valence-corrected chi connectivity index (χ0v) is 20.0. The fourth-order valence-corrected chi connectivity index (χ4v) is 5.22. The van der Waals surface area contributed by atoms with Crippen molar-refractivity contribution in [1.82, 2.24) is 30.2 Å². The third-order valence-corrected chi connectivity index (χ3v) is 6.93. The Bertz CT molecular complexity index is 1140. The number of pyridine rings is 1. The van der Waals surface area contributed by atoms with E-state index in [9.17, 15) is 17.6 Å². The maximum atomic E-state index is 13.6. The summed E-state index contributed by atoms with van der Waals surface area (Å²) in [6, 6.07) is 8.73. The van der Waals surface area contributed by atoms with Gasteiger partial charge in [0.1, 0.15) is 5.69 Å². The van der Waals surface area contributed by atoms with Gasteiger partial charge in [0.15, 0.2) is 0 Å². The second-order valence-corrected chi connectivity index (χ2v) is 9.63. The SMILES string of the molecule is C[C@H]1Cc2cc(-c3cn[nH]n3)ccc2[C@@H](c2ccc(NC3CN(CCCF)C3)cn2)N1CC(F)(F)F. The first-order chi connectivity index (χ1) is 17.3. The number of halogens is 4. The molecule has 2 aliphatic heterocycles. The Morgan fingerprint density at radius 1 is 1.14 bits per heavy atom. The number of hydrogen-bond donors (Lipinski definition) is 2. The number of rotatable bonds is 8. The molecule has 0 unspecified atom stereocenters. The van der Waals surface area contributed by atoms with Gasteiger partial charge in [-0.3, -0.25) is 19.2 Å². The smallest absolute Gasteiger partial charge is 0.378 e. The molecule has 2 atom stereocenters. The molecule has 192 valence electrons. The number of aromatic nitrogens is 4. The van der Waals surface area contributed by atoms with Gasteiger partial charge in [-0.05, 0) is 49.1 Å². The summed E-state index contributed by atoms with van der Waals surface area (Å²) in [7, 11) is 0. The fraction of sp³-hybridized carbons (Fsp3) is 0.480. The normalized spacial score (nSPS) is 21.2. The summed E-state index contributed by atoms with van der Waals surface area (Å²) in [6.07, 6.45) is 0.0160. The van der Waals surface area contributed by atoms with Crippen LogP contribution < -0.4 is 5.32 Å². The van der Waals surface area contributed by atoms with Crippen LogP contribution in [0.1, 0.15) is 36.2 Å². The highest BCUT2D eigenvalue weighted by Crippen LogP contribution is 2.40. The molecule has 11 heteroatoms. The molecule has 0 saturated carbocycles. The molecule has 1 saturated heterocycles. The molecule has 1 aromatic carbocycles. The summed E-state index contributed by atoms with van der Waals surface area (Å²) >= 11 is 0. The van der Waals surface area contributed by atoms with Crippen LogP contribution in [0.25, 0.3) is 11.3 Å². The zero-order chi connectivity index (χ0) is 25.3. The number of nitrogens with one attached hydrogen (secondary N) is 2. The number of benzene rings is 1. The van der Waals surface area contributed by atoms with Gasteiger partial charge >= 0.3 is 6.18 Å². The second kappa shape index (κ2) is 10.1. The summed E-state index contributed by atoms with van der Waals surface area (Å²) in [4.78, 5) is 8.28. The molecule has 2 aromatic heterocycles. The summed E-state index contributed by atoms with van der Waals surface area (Å²) in [5.41, 5.74) is 4.75. The number of anilines is 1. The van der Waals surface area contributed by atoms with Crippen molar-refractivity contribution in [2.24, 2.45) is 0 Å². The molecular formula is C25H29F4N7. The van der Waals surface area contributed by atoms with Gasteiger partial charge in [0.05, 0.1) is 49.1 Å². The quantitative estimate of drug-likeness (QED) is 0.449. The van der Waals surface area contributed by atoms with Crippen LogP contribution in [0.15, 0.2) is 42.7 Å². The van der Waals surface area contributed by atoms with E-state index in [0.717, 1.165) is 42.0 Å². The number of fused-ring (bicyclic) bond motifs is 1. The number of nitrogens with zero attached hydrogens (tertiary/aromatic N) is 5. The maximum Gasteiger partial charge on any atom is 0.401 e. The van der Waals surface area contributed by atoms with Gasteiger partial charge in [-0.15, -0.1) is 0 Å². The van der Waals surface area contributed by atoms with E-state index in [4.69, 9.17) is 0 Å². The lowest BCUT2D eigenvalue weighted by molar-refractivity contribution is -0.155. The van der Waals surface area contributed by atoms with Crippen molar-refractivity contribution in [3.8, 4) is 11.3 Å². The van der Waals surface area contributed by atoms with Gasteiger partial charge in [0.2, 0.25) is 0 Å². The Hall–Kier alpha value is -3.05. The standard InChI is InChI=1S/C25H29F4N7/c1-16-9-18-10-17(23-12-31-34-33-23)3-5-21(18)24(36(16)15-25(27,28)29)22-6-4-19(11-30-22)32-20-13-35(14-20)8-2-7-26/h3-6,10-12,16,20,24,32H,2,7-9,13-15H2,1H3,(H,31,33,34)/t16-,24-/m0/s1. The topological polar surface area (TPSA) is 73.0 Å². The van der Waals surface area contributed by atoms with Gasteiger partial charge in [-0.25, -0.2) is 0 Å². The van der Waals surface area contributed by atoms with Crippen molar-refractivity contribution in [1.29, 1.82) is 0 Å². The molecule has 1 fully saturated rings. The third-order valence-electron chi connectivity index (χ3n) is 6.93. The first kappa shape index (κ1) is 24.6. The van der Waals surface area contributed by atoms with Crippen LogP contribution in [-0.2, 0) is 6.42 Å². The molecule has 2 N–H and O–H groups in total. The average Bonchev–Trinajstić information content (AvgIpc) is 3.35. The van der Waals surface area contributed by atoms with E-state index < -0.39 is 18.8 Å². The van der Waals surface area contributed by atoms with Crippen molar-refractivity contribution >= 4 is 5.69 Å². The highest BCUT2D eigenvalue weighted by atomic mass is 19.4. The van der Waals surface area contributed by atoms with Crippen LogP contribution in [-0.4, -0.2) is 81.3 Å². The van der Waals surface area contributed by atoms with Gasteiger partial charge in [-0.2, -0.15) is 28.6 Å². The Morgan fingerprint density at radius 2 is 1.97 bits per heavy atom. The van der Waals surface area contributed by atoms with E-state index in [1.807, 2.05) is 37.3 Å². The lowest BCUT2D eigenvalue weighted by atomic mass is 9.85. The Balaban J connectivity index is 1.39. The lowest BCUT2D eigenvalue weighted by Crippen LogP contribution is -2.54. The molecule has 0 spiro atoms. The fourth-order valence-electron chi connectivity index (χ4n) is 5.22. The van der Waals surface area contributed by atoms with E-state index in [0.29, 0.717) is 24.2 Å². The molecule has 0 aliphatic carbocycles. The zero-order valence-electron chi connectivity index (χ0n) is 20.0. The van der Waals surface area contributed by atoms with Crippen LogP contribution >= 0.6 is 0 Å². The van der Waals surface area contributed by atoms with Gasteiger partial charge in [0.25, 0.3) is 0 Å². The summed E-state index contributed by atoms with van der Waals surface area (Å²) in [6.45, 7) is 2.92. The molecule has 36 heavy (non-hydrogen) atoms. The maximum absolute atomic E-state index is 13.6. The first-order valence-electron chi connectivity index (χ1n) is 12.1. The van der Waals surface area contributed by atoms with Crippen molar-refractivity contribution in [2.75, 3.05) is 38.2 Å². The molecule has 5 rings (SSSR count). The number of alkyl halides is 4. The van der Waals surface area contributed by atoms with E-state index >= 15 is 0 Å². The van der Waals surface area contributed by atoms with Crippen molar-refractivity contribution in [2.45, 2.75) is 44.1 Å². The largest absolute Gasteiger partial charge is 0.401 e. The number of likely N-dealkylation sites (tertiary alicyclic amines) is 1. The predicted molar refractivity (Wildman–Crippen MR) is 128 cm³/mol. The van der Waals surface area contributed by atoms with Gasteiger partial charge < -0.3 is 5.32 Å². The molecule has 0 radical (unpaired) electrons. The summed E-state index contributed by atoms with van der Waals surface area (Å²) in [5.74, 6) is 0. The Labute approximate surface area is 206 Å². The molecule has 0 bridgehead atoms. The number of H-pyrrole nitrogens is 1. The van der Waals surface area contributed by atoms with Crippen molar-refractivity contribution in [3.05, 3.63) is 59.5 Å². The Morgan fingerprint density at radius 3 is 2.64 bits per heavy atom. The molecule has 4 heterocycles. The highest BCUT2D eigenvalue weighted by molar-refractivity contribution is 5.61. The van der Waals surface area contributed by atoms with Crippen molar-refractivity contribution in [3.63, 3.8) is 0 Å². The number of hydrogen-bond acceptors (Lipinski definition) is 6. The van der Waals surface area contributed by atoms with E-state index in [-0.39, 0.29) is 18.8 Å². The molecule has 0 amide bonds. The van der Waals surface area contributed by atoms with Crippen LogP contribution in [0.4, 0.5) is 23.2 Å². The van der Waals surface area contributed by atoms with Gasteiger partial charge in [-0.1, -0.05) is 12.1 Å². The van der Waals surface area contributed by atoms with Gasteiger partial charge in [0, 0.05) is 31.2 Å². The molecule has 7 nitrogen and oxygen atoms in total. The predicted octanol–water partition coefficient (Wildman–Crippen LogP) is 4.22. The minimum atomic E-state index is -4.33. The minimum Gasteiger partial charge on any atom is -0.378 e. The Kier molecular flexibility index (Phi) is 6.94. The lowest BCUT2D eigenvalue weighted by Gasteiger charge is -2.42. The second-order valence-electron chi connectivity index (χ2n) is 9.63. The molecular weight excluding hydrogens is 474 g/mol. The van der Waals surface area contributed by atoms with Crippen LogP contribution in [0.5, 0.6) is 0 Å². The third kappa shape index (κ3) is 5.36. The first-order valence-corrected chi connectivity index (χ1v) is 12.1. The monoisotopic (exact) mass is 503 g/mol. The summed E-state index contributed by atoms with van der Waals surface area (Å²) in [5, 5.41) is 14.0.